The van der Waals surface area contributed by atoms with Gasteiger partial charge in [0, 0.05) is 30.0 Å². The summed E-state index contributed by atoms with van der Waals surface area (Å²) < 4.78 is 0. The van der Waals surface area contributed by atoms with Crippen molar-refractivity contribution in [1.82, 2.24) is 4.90 Å². The lowest BCUT2D eigenvalue weighted by Crippen LogP contribution is -2.44. The van der Waals surface area contributed by atoms with Gasteiger partial charge in [0.05, 0.1) is 6.04 Å². The Balaban J connectivity index is 0.00000225. The zero-order chi connectivity index (χ0) is 16.9. The molecule has 3 unspecified atom stereocenters. The summed E-state index contributed by atoms with van der Waals surface area (Å²) in [5, 5.41) is 0.387. The van der Waals surface area contributed by atoms with E-state index in [1.165, 1.54) is 5.56 Å². The molecule has 0 aliphatic carbocycles. The second-order valence-corrected chi connectivity index (χ2v) is 7.73. The van der Waals surface area contributed by atoms with E-state index < -0.39 is 0 Å². The second-order valence-electron chi connectivity index (χ2n) is 6.24. The summed E-state index contributed by atoms with van der Waals surface area (Å²) in [4.78, 5) is 15.0. The minimum atomic E-state index is -0.250. The van der Waals surface area contributed by atoms with Gasteiger partial charge in [-0.2, -0.15) is 11.8 Å². The standard InChI is InChI=1S/C20H24N2OS.ClH/c1-15-20(17-10-6-3-7-11-17)22(12-13-24-15)19(23)14-18(21)16-8-4-2-5-9-16;/h2-11,15,18,20H,12-14,21H2,1H3;1H. The molecule has 5 heteroatoms. The van der Waals surface area contributed by atoms with Gasteiger partial charge in [-0.3, -0.25) is 4.79 Å². The molecule has 3 rings (SSSR count). The van der Waals surface area contributed by atoms with Crippen LogP contribution in [-0.4, -0.2) is 28.4 Å². The molecule has 0 saturated carbocycles. The molecule has 2 aromatic rings. The highest BCUT2D eigenvalue weighted by Crippen LogP contribution is 2.36. The lowest BCUT2D eigenvalue weighted by atomic mass is 9.99. The number of carbonyl (C=O) groups is 1. The number of halogens is 1. The van der Waals surface area contributed by atoms with Crippen LogP contribution in [0, 0.1) is 0 Å². The number of rotatable bonds is 4. The normalized spacial score (nSPS) is 21.3. The first-order valence-corrected chi connectivity index (χ1v) is 9.48. The molecule has 25 heavy (non-hydrogen) atoms. The lowest BCUT2D eigenvalue weighted by molar-refractivity contribution is -0.134. The summed E-state index contributed by atoms with van der Waals surface area (Å²) in [5.41, 5.74) is 8.49. The number of nitrogens with zero attached hydrogens (tertiary/aromatic N) is 1. The summed E-state index contributed by atoms with van der Waals surface area (Å²) in [6.45, 7) is 2.99. The molecule has 2 N–H and O–H groups in total. The molecule has 0 spiro atoms. The third kappa shape index (κ3) is 4.78. The molecule has 1 aliphatic rings. The molecule has 2 aromatic carbocycles. The van der Waals surface area contributed by atoms with Gasteiger partial charge >= 0.3 is 0 Å². The Bertz CT molecular complexity index is 668. The number of hydrogen-bond acceptors (Lipinski definition) is 3. The van der Waals surface area contributed by atoms with E-state index in [4.69, 9.17) is 5.73 Å². The topological polar surface area (TPSA) is 46.3 Å². The Morgan fingerprint density at radius 1 is 1.16 bits per heavy atom. The van der Waals surface area contributed by atoms with E-state index in [-0.39, 0.29) is 30.4 Å². The minimum absolute atomic E-state index is 0. The Hall–Kier alpha value is -1.49. The van der Waals surface area contributed by atoms with Gasteiger partial charge in [0.1, 0.15) is 0 Å². The molecule has 0 radical (unpaired) electrons. The molecule has 134 valence electrons. The number of thioether (sulfide) groups is 1. The number of nitrogens with two attached hydrogens (primary N) is 1. The zero-order valence-electron chi connectivity index (χ0n) is 14.4. The van der Waals surface area contributed by atoms with Gasteiger partial charge in [-0.1, -0.05) is 67.6 Å². The third-order valence-corrected chi connectivity index (χ3v) is 5.78. The van der Waals surface area contributed by atoms with Crippen LogP contribution in [-0.2, 0) is 4.79 Å². The maximum Gasteiger partial charge on any atom is 0.225 e. The molecular formula is C20H25ClN2OS. The number of carbonyl (C=O) groups excluding carboxylic acids is 1. The van der Waals surface area contributed by atoms with E-state index in [0.717, 1.165) is 17.9 Å². The molecule has 0 bridgehead atoms. The van der Waals surface area contributed by atoms with Crippen LogP contribution in [0.4, 0.5) is 0 Å². The molecule has 1 saturated heterocycles. The van der Waals surface area contributed by atoms with Crippen LogP contribution >= 0.6 is 24.2 Å². The van der Waals surface area contributed by atoms with Crippen LogP contribution < -0.4 is 5.73 Å². The van der Waals surface area contributed by atoms with Gasteiger partial charge < -0.3 is 10.6 Å². The Labute approximate surface area is 160 Å². The first-order valence-electron chi connectivity index (χ1n) is 8.43. The van der Waals surface area contributed by atoms with E-state index in [1.54, 1.807) is 0 Å². The predicted molar refractivity (Wildman–Crippen MR) is 108 cm³/mol. The molecule has 1 heterocycles. The molecule has 3 nitrogen and oxygen atoms in total. The van der Waals surface area contributed by atoms with E-state index in [1.807, 2.05) is 65.2 Å². The fourth-order valence-electron chi connectivity index (χ4n) is 3.33. The fourth-order valence-corrected chi connectivity index (χ4v) is 4.49. The molecule has 3 atom stereocenters. The molecule has 0 aromatic heterocycles. The molecule has 1 aliphatic heterocycles. The first-order chi connectivity index (χ1) is 11.7. The SMILES string of the molecule is CC1SCCN(C(=O)CC(N)c2ccccc2)C1c1ccccc1.Cl. The van der Waals surface area contributed by atoms with Gasteiger partial charge in [0.15, 0.2) is 0 Å². The quantitative estimate of drug-likeness (QED) is 0.869. The van der Waals surface area contributed by atoms with Crippen LogP contribution in [0.3, 0.4) is 0 Å². The van der Waals surface area contributed by atoms with Crippen molar-refractivity contribution < 1.29 is 4.79 Å². The lowest BCUT2D eigenvalue weighted by Gasteiger charge is -2.40. The highest BCUT2D eigenvalue weighted by Gasteiger charge is 2.33. The number of amides is 1. The Morgan fingerprint density at radius 2 is 1.76 bits per heavy atom. The summed E-state index contributed by atoms with van der Waals surface area (Å²) in [6.07, 6.45) is 0.352. The van der Waals surface area contributed by atoms with E-state index in [2.05, 4.69) is 19.1 Å². The largest absolute Gasteiger partial charge is 0.334 e. The van der Waals surface area contributed by atoms with Gasteiger partial charge in [-0.05, 0) is 11.1 Å². The summed E-state index contributed by atoms with van der Waals surface area (Å²) in [6, 6.07) is 20.1. The maximum atomic E-state index is 12.9. The van der Waals surface area contributed by atoms with Crippen LogP contribution in [0.15, 0.2) is 60.7 Å². The van der Waals surface area contributed by atoms with Crippen LogP contribution in [0.1, 0.15) is 36.6 Å². The highest BCUT2D eigenvalue weighted by molar-refractivity contribution is 8.00. The van der Waals surface area contributed by atoms with Crippen molar-refractivity contribution in [2.24, 2.45) is 5.73 Å². The van der Waals surface area contributed by atoms with Gasteiger partial charge in [0.2, 0.25) is 5.91 Å². The van der Waals surface area contributed by atoms with Crippen LogP contribution in [0.25, 0.3) is 0 Å². The van der Waals surface area contributed by atoms with Gasteiger partial charge in [0.25, 0.3) is 0 Å². The predicted octanol–water partition coefficient (Wildman–Crippen LogP) is 4.20. The monoisotopic (exact) mass is 376 g/mol. The van der Waals surface area contributed by atoms with Crippen molar-refractivity contribution in [2.75, 3.05) is 12.3 Å². The van der Waals surface area contributed by atoms with Gasteiger partial charge in [-0.25, -0.2) is 0 Å². The Kier molecular flexibility index (Phi) is 7.36. The van der Waals surface area contributed by atoms with Crippen molar-refractivity contribution >= 4 is 30.1 Å². The van der Waals surface area contributed by atoms with E-state index in [0.29, 0.717) is 11.7 Å². The number of benzene rings is 2. The zero-order valence-corrected chi connectivity index (χ0v) is 16.0. The highest BCUT2D eigenvalue weighted by atomic mass is 35.5. The summed E-state index contributed by atoms with van der Waals surface area (Å²) in [5.74, 6) is 1.13. The van der Waals surface area contributed by atoms with Crippen molar-refractivity contribution in [3.8, 4) is 0 Å². The average Bonchev–Trinajstić information content (AvgIpc) is 2.63. The van der Waals surface area contributed by atoms with Crippen molar-refractivity contribution in [3.63, 3.8) is 0 Å². The van der Waals surface area contributed by atoms with Crippen molar-refractivity contribution in [2.45, 2.75) is 30.7 Å². The maximum absolute atomic E-state index is 12.9. The van der Waals surface area contributed by atoms with Crippen molar-refractivity contribution in [1.29, 1.82) is 0 Å². The molecule has 1 fully saturated rings. The smallest absolute Gasteiger partial charge is 0.225 e. The first kappa shape index (κ1) is 19.8. The minimum Gasteiger partial charge on any atom is -0.334 e. The van der Waals surface area contributed by atoms with Crippen LogP contribution in [0.5, 0.6) is 0 Å². The fraction of sp³-hybridized carbons (Fsp3) is 0.350. The second kappa shape index (κ2) is 9.27. The summed E-state index contributed by atoms with van der Waals surface area (Å²) >= 11 is 1.93. The average molecular weight is 377 g/mol. The van der Waals surface area contributed by atoms with Crippen molar-refractivity contribution in [3.05, 3.63) is 71.8 Å². The molecule has 1 amide bonds. The number of hydrogen-bond donors (Lipinski definition) is 1. The van der Waals surface area contributed by atoms with Gasteiger partial charge in [-0.15, -0.1) is 12.4 Å². The molecular weight excluding hydrogens is 352 g/mol. The van der Waals surface area contributed by atoms with Crippen LogP contribution in [0.2, 0.25) is 0 Å². The van der Waals surface area contributed by atoms with E-state index >= 15 is 0 Å². The summed E-state index contributed by atoms with van der Waals surface area (Å²) in [7, 11) is 0. The van der Waals surface area contributed by atoms with E-state index in [9.17, 15) is 4.79 Å². The Morgan fingerprint density at radius 3 is 2.40 bits per heavy atom. The third-order valence-electron chi connectivity index (χ3n) is 4.58.